The van der Waals surface area contributed by atoms with Gasteiger partial charge in [-0.2, -0.15) is 0 Å². The van der Waals surface area contributed by atoms with Gasteiger partial charge in [0.25, 0.3) is 5.91 Å². The molecule has 108 valence electrons. The molecule has 1 spiro atoms. The average Bonchev–Trinajstić information content (AvgIpc) is 2.80. The predicted molar refractivity (Wildman–Crippen MR) is 74.5 cm³/mol. The van der Waals surface area contributed by atoms with Crippen molar-refractivity contribution in [3.05, 3.63) is 34.2 Å². The summed E-state index contributed by atoms with van der Waals surface area (Å²) in [6.45, 7) is 1.36. The summed E-state index contributed by atoms with van der Waals surface area (Å²) in [5.74, 6) is -0.0561. The van der Waals surface area contributed by atoms with E-state index in [1.165, 1.54) is 12.3 Å². The quantitative estimate of drug-likeness (QED) is 0.808. The topological polar surface area (TPSA) is 73.4 Å². The zero-order valence-corrected chi connectivity index (χ0v) is 11.5. The molecule has 3 rings (SSSR count). The van der Waals surface area contributed by atoms with Crippen molar-refractivity contribution >= 4 is 5.91 Å². The SMILES string of the molecule is O=C(c1ccc(=O)[nH]c1)N1CCC[C@@]2(CCC[C@H]2O)C1. The summed E-state index contributed by atoms with van der Waals surface area (Å²) in [6, 6.07) is 2.94. The Morgan fingerprint density at radius 1 is 1.35 bits per heavy atom. The Labute approximate surface area is 117 Å². The Kier molecular flexibility index (Phi) is 3.38. The van der Waals surface area contributed by atoms with Crippen molar-refractivity contribution < 1.29 is 9.90 Å². The maximum atomic E-state index is 12.5. The van der Waals surface area contributed by atoms with Gasteiger partial charge in [0.15, 0.2) is 0 Å². The molecule has 0 unspecified atom stereocenters. The molecule has 2 N–H and O–H groups in total. The second kappa shape index (κ2) is 5.05. The summed E-state index contributed by atoms with van der Waals surface area (Å²) in [5, 5.41) is 10.2. The van der Waals surface area contributed by atoms with Crippen LogP contribution in [0.4, 0.5) is 0 Å². The van der Waals surface area contributed by atoms with Crippen LogP contribution in [0, 0.1) is 5.41 Å². The molecule has 1 saturated heterocycles. The van der Waals surface area contributed by atoms with Gasteiger partial charge in [-0.1, -0.05) is 6.42 Å². The Morgan fingerprint density at radius 3 is 2.80 bits per heavy atom. The summed E-state index contributed by atoms with van der Waals surface area (Å²) < 4.78 is 0. The van der Waals surface area contributed by atoms with Crippen LogP contribution in [0.2, 0.25) is 0 Å². The predicted octanol–water partition coefficient (Wildman–Crippen LogP) is 1.14. The molecule has 1 aliphatic heterocycles. The maximum Gasteiger partial charge on any atom is 0.255 e. The average molecular weight is 276 g/mol. The van der Waals surface area contributed by atoms with E-state index in [9.17, 15) is 14.7 Å². The zero-order chi connectivity index (χ0) is 14.2. The molecular weight excluding hydrogens is 256 g/mol. The number of nitrogens with one attached hydrogen (secondary N) is 1. The number of aliphatic hydroxyl groups is 1. The van der Waals surface area contributed by atoms with E-state index in [1.807, 2.05) is 4.90 Å². The van der Waals surface area contributed by atoms with Gasteiger partial charge in [-0.25, -0.2) is 0 Å². The molecule has 2 heterocycles. The molecule has 5 nitrogen and oxygen atoms in total. The molecule has 0 bridgehead atoms. The van der Waals surface area contributed by atoms with Gasteiger partial charge < -0.3 is 15.0 Å². The van der Waals surface area contributed by atoms with Crippen LogP contribution in [-0.2, 0) is 0 Å². The number of H-pyrrole nitrogens is 1. The lowest BCUT2D eigenvalue weighted by Crippen LogP contribution is -2.49. The highest BCUT2D eigenvalue weighted by Crippen LogP contribution is 2.45. The summed E-state index contributed by atoms with van der Waals surface area (Å²) in [6.07, 6.45) is 6.02. The van der Waals surface area contributed by atoms with Crippen LogP contribution in [0.5, 0.6) is 0 Å². The third-order valence-corrected chi connectivity index (χ3v) is 4.79. The number of pyridine rings is 1. The second-order valence-electron chi connectivity index (χ2n) is 6.04. The van der Waals surface area contributed by atoms with Crippen molar-refractivity contribution in [2.45, 2.75) is 38.2 Å². The first-order chi connectivity index (χ1) is 9.61. The molecule has 1 aromatic rings. The Bertz CT molecular complexity index is 548. The molecule has 0 radical (unpaired) electrons. The van der Waals surface area contributed by atoms with E-state index >= 15 is 0 Å². The minimum atomic E-state index is -0.284. The molecule has 1 aromatic heterocycles. The number of aromatic nitrogens is 1. The van der Waals surface area contributed by atoms with Crippen LogP contribution in [-0.4, -0.2) is 40.1 Å². The van der Waals surface area contributed by atoms with Gasteiger partial charge in [0.2, 0.25) is 5.56 Å². The fraction of sp³-hybridized carbons (Fsp3) is 0.600. The van der Waals surface area contributed by atoms with Crippen molar-refractivity contribution in [1.29, 1.82) is 0 Å². The Hall–Kier alpha value is -1.62. The maximum absolute atomic E-state index is 12.5. The van der Waals surface area contributed by atoms with E-state index in [2.05, 4.69) is 4.98 Å². The van der Waals surface area contributed by atoms with Crippen molar-refractivity contribution in [1.82, 2.24) is 9.88 Å². The number of rotatable bonds is 1. The summed E-state index contributed by atoms with van der Waals surface area (Å²) in [5.41, 5.74) is 0.202. The first-order valence-corrected chi connectivity index (χ1v) is 7.27. The minimum Gasteiger partial charge on any atom is -0.392 e. The number of carbonyl (C=O) groups excluding carboxylic acids is 1. The first kappa shape index (κ1) is 13.4. The van der Waals surface area contributed by atoms with E-state index in [1.54, 1.807) is 6.07 Å². The highest BCUT2D eigenvalue weighted by molar-refractivity contribution is 5.94. The van der Waals surface area contributed by atoms with E-state index in [0.29, 0.717) is 12.1 Å². The van der Waals surface area contributed by atoms with Gasteiger partial charge >= 0.3 is 0 Å². The molecule has 2 fully saturated rings. The molecule has 5 heteroatoms. The van der Waals surface area contributed by atoms with E-state index in [4.69, 9.17) is 0 Å². The molecule has 1 aliphatic carbocycles. The van der Waals surface area contributed by atoms with Gasteiger partial charge in [0.1, 0.15) is 0 Å². The molecule has 20 heavy (non-hydrogen) atoms. The van der Waals surface area contributed by atoms with E-state index in [0.717, 1.165) is 38.6 Å². The van der Waals surface area contributed by atoms with Gasteiger partial charge in [-0.3, -0.25) is 9.59 Å². The molecule has 2 aliphatic rings. The van der Waals surface area contributed by atoms with Gasteiger partial charge in [-0.05, 0) is 31.7 Å². The number of amides is 1. The zero-order valence-electron chi connectivity index (χ0n) is 11.5. The number of piperidine rings is 1. The third-order valence-electron chi connectivity index (χ3n) is 4.79. The summed E-state index contributed by atoms with van der Waals surface area (Å²) in [7, 11) is 0. The number of aliphatic hydroxyl groups excluding tert-OH is 1. The number of nitrogens with zero attached hydrogens (tertiary/aromatic N) is 1. The van der Waals surface area contributed by atoms with Crippen molar-refractivity contribution in [3.8, 4) is 0 Å². The Morgan fingerprint density at radius 2 is 2.15 bits per heavy atom. The highest BCUT2D eigenvalue weighted by atomic mass is 16.3. The molecule has 1 saturated carbocycles. The van der Waals surface area contributed by atoms with E-state index < -0.39 is 0 Å². The van der Waals surface area contributed by atoms with Gasteiger partial charge in [0, 0.05) is 30.8 Å². The summed E-state index contributed by atoms with van der Waals surface area (Å²) in [4.78, 5) is 27.9. The van der Waals surface area contributed by atoms with Crippen LogP contribution in [0.1, 0.15) is 42.5 Å². The monoisotopic (exact) mass is 276 g/mol. The van der Waals surface area contributed by atoms with Crippen LogP contribution >= 0.6 is 0 Å². The summed E-state index contributed by atoms with van der Waals surface area (Å²) >= 11 is 0. The largest absolute Gasteiger partial charge is 0.392 e. The number of hydrogen-bond acceptors (Lipinski definition) is 3. The lowest BCUT2D eigenvalue weighted by molar-refractivity contribution is -0.00537. The van der Waals surface area contributed by atoms with Crippen LogP contribution in [0.3, 0.4) is 0 Å². The van der Waals surface area contributed by atoms with Crippen LogP contribution in [0.25, 0.3) is 0 Å². The lowest BCUT2D eigenvalue weighted by Gasteiger charge is -2.42. The van der Waals surface area contributed by atoms with Crippen LogP contribution in [0.15, 0.2) is 23.1 Å². The third kappa shape index (κ3) is 2.26. The molecular formula is C15H20N2O3. The van der Waals surface area contributed by atoms with Crippen molar-refractivity contribution in [2.75, 3.05) is 13.1 Å². The molecule has 0 aromatic carbocycles. The lowest BCUT2D eigenvalue weighted by atomic mass is 9.76. The second-order valence-corrected chi connectivity index (χ2v) is 6.04. The Balaban J connectivity index is 1.78. The number of likely N-dealkylation sites (tertiary alicyclic amines) is 1. The van der Waals surface area contributed by atoms with E-state index in [-0.39, 0.29) is 23.0 Å². The normalized spacial score (nSPS) is 29.9. The van der Waals surface area contributed by atoms with Crippen molar-refractivity contribution in [2.24, 2.45) is 5.41 Å². The molecule has 2 atom stereocenters. The van der Waals surface area contributed by atoms with Crippen LogP contribution < -0.4 is 5.56 Å². The number of hydrogen-bond donors (Lipinski definition) is 2. The number of carbonyl (C=O) groups is 1. The molecule has 1 amide bonds. The fourth-order valence-electron chi connectivity index (χ4n) is 3.66. The smallest absolute Gasteiger partial charge is 0.255 e. The minimum absolute atomic E-state index is 0.0561. The fourth-order valence-corrected chi connectivity index (χ4v) is 3.66. The standard InChI is InChI=1S/C15H20N2O3/c18-12-3-1-6-15(12)7-2-8-17(10-15)14(20)11-4-5-13(19)16-9-11/h4-5,9,12,18H,1-3,6-8,10H2,(H,16,19)/t12-,15+/m1/s1. The first-order valence-electron chi connectivity index (χ1n) is 7.27. The van der Waals surface area contributed by atoms with Gasteiger partial charge in [0.05, 0.1) is 11.7 Å². The highest BCUT2D eigenvalue weighted by Gasteiger charge is 2.45. The number of aromatic amines is 1. The van der Waals surface area contributed by atoms with Crippen molar-refractivity contribution in [3.63, 3.8) is 0 Å². The van der Waals surface area contributed by atoms with Gasteiger partial charge in [-0.15, -0.1) is 0 Å².